The van der Waals surface area contributed by atoms with Gasteiger partial charge in [0.2, 0.25) is 0 Å². The summed E-state index contributed by atoms with van der Waals surface area (Å²) in [6, 6.07) is 0. The fourth-order valence-corrected chi connectivity index (χ4v) is 0.963. The molecule has 1 nitrogen and oxygen atoms in total. The second-order valence-electron chi connectivity index (χ2n) is 2.18. The second kappa shape index (κ2) is 5.24. The van der Waals surface area contributed by atoms with Gasteiger partial charge in [0.25, 0.3) is 0 Å². The van der Waals surface area contributed by atoms with Crippen LogP contribution in [0.3, 0.4) is 0 Å². The molecule has 0 aliphatic heterocycles. The van der Waals surface area contributed by atoms with Gasteiger partial charge in [-0.25, -0.2) is 0 Å². The van der Waals surface area contributed by atoms with Gasteiger partial charge < -0.3 is 0 Å². The highest BCUT2D eigenvalue weighted by Gasteiger charge is 1.86. The minimum Gasteiger partial charge on any atom is -0.269 e. The van der Waals surface area contributed by atoms with Crippen LogP contribution >= 0.6 is 8.37 Å². The molecule has 0 amide bonds. The summed E-state index contributed by atoms with van der Waals surface area (Å²) in [7, 11) is 1.26. The van der Waals surface area contributed by atoms with Gasteiger partial charge >= 0.3 is 0 Å². The lowest BCUT2D eigenvalue weighted by Gasteiger charge is -1.93. The van der Waals surface area contributed by atoms with E-state index < -0.39 is 0 Å². The molecule has 0 fully saturated rings. The largest absolute Gasteiger partial charge is 0.269 e. The Morgan fingerprint density at radius 3 is 2.50 bits per heavy atom. The van der Waals surface area contributed by atoms with E-state index in [0.29, 0.717) is 0 Å². The van der Waals surface area contributed by atoms with Crippen LogP contribution < -0.4 is 0 Å². The fourth-order valence-electron chi connectivity index (χ4n) is 0.321. The zero-order chi connectivity index (χ0) is 6.41. The monoisotopic (exact) mass is 131 g/mol. The predicted molar refractivity (Wildman–Crippen MR) is 39.6 cm³/mol. The summed E-state index contributed by atoms with van der Waals surface area (Å²) >= 11 is 0. The lowest BCUT2D eigenvalue weighted by molar-refractivity contribution is 0.748. The molecule has 0 N–H and O–H groups in total. The van der Waals surface area contributed by atoms with E-state index in [2.05, 4.69) is 25.5 Å². The molecule has 0 aromatic rings. The van der Waals surface area contributed by atoms with Crippen LogP contribution in [-0.2, 0) is 0 Å². The molecular formula is C6H14NP. The molecule has 0 aliphatic carbocycles. The Morgan fingerprint density at radius 1 is 1.50 bits per heavy atom. The maximum atomic E-state index is 4.18. The van der Waals surface area contributed by atoms with Gasteiger partial charge in [-0.1, -0.05) is 13.8 Å². The fraction of sp³-hybridized carbons (Fsp3) is 1.00. The third-order valence-electron chi connectivity index (χ3n) is 0.688. The predicted octanol–water partition coefficient (Wildman–Crippen LogP) is 2.79. The quantitative estimate of drug-likeness (QED) is 0.522. The molecule has 0 atom stereocenters. The molecule has 0 spiro atoms. The van der Waals surface area contributed by atoms with Crippen LogP contribution in [0.2, 0.25) is 0 Å². The van der Waals surface area contributed by atoms with Crippen molar-refractivity contribution in [1.82, 2.24) is 0 Å². The highest BCUT2D eigenvalue weighted by atomic mass is 31.1. The maximum absolute atomic E-state index is 4.18. The van der Waals surface area contributed by atoms with Crippen LogP contribution in [0.5, 0.6) is 0 Å². The highest BCUT2D eigenvalue weighted by molar-refractivity contribution is 7.26. The Balaban J connectivity index is 3.03. The molecule has 0 bridgehead atoms. The number of nitrogens with zero attached hydrogens (tertiary/aromatic N) is 1. The average molecular weight is 131 g/mol. The van der Waals surface area contributed by atoms with E-state index >= 15 is 0 Å². The topological polar surface area (TPSA) is 12.4 Å². The van der Waals surface area contributed by atoms with Crippen LogP contribution in [-0.4, -0.2) is 12.7 Å². The van der Waals surface area contributed by atoms with E-state index in [0.717, 1.165) is 12.5 Å². The smallest absolute Gasteiger partial charge is 0.0404 e. The van der Waals surface area contributed by atoms with Crippen molar-refractivity contribution in [3.05, 3.63) is 0 Å². The normalized spacial score (nSPS) is 11.5. The SMILES string of the molecule is CCN=PCC(C)C. The van der Waals surface area contributed by atoms with Gasteiger partial charge in [0.05, 0.1) is 0 Å². The van der Waals surface area contributed by atoms with E-state index in [1.165, 1.54) is 14.5 Å². The van der Waals surface area contributed by atoms with Gasteiger partial charge in [0.15, 0.2) is 0 Å². The first-order valence-electron chi connectivity index (χ1n) is 3.10. The van der Waals surface area contributed by atoms with Crippen molar-refractivity contribution in [2.75, 3.05) is 12.7 Å². The van der Waals surface area contributed by atoms with E-state index in [1.807, 2.05) is 0 Å². The standard InChI is InChI=1S/C6H14NP/c1-4-7-8-5-6(2)3/h6H,4-5H2,1-3H3. The van der Waals surface area contributed by atoms with E-state index in [1.54, 1.807) is 0 Å². The van der Waals surface area contributed by atoms with Gasteiger partial charge in [-0.05, 0) is 12.8 Å². The van der Waals surface area contributed by atoms with Crippen molar-refractivity contribution in [1.29, 1.82) is 0 Å². The molecule has 0 heterocycles. The van der Waals surface area contributed by atoms with E-state index in [4.69, 9.17) is 0 Å². The van der Waals surface area contributed by atoms with Crippen molar-refractivity contribution in [3.8, 4) is 0 Å². The molecule has 0 unspecified atom stereocenters. The Morgan fingerprint density at radius 2 is 2.12 bits per heavy atom. The summed E-state index contributed by atoms with van der Waals surface area (Å²) in [5.74, 6) is 0.798. The Bertz CT molecular complexity index is 68.9. The van der Waals surface area contributed by atoms with Crippen LogP contribution in [0.15, 0.2) is 4.74 Å². The first kappa shape index (κ1) is 8.10. The van der Waals surface area contributed by atoms with Crippen molar-refractivity contribution in [2.24, 2.45) is 10.7 Å². The van der Waals surface area contributed by atoms with Crippen molar-refractivity contribution < 1.29 is 0 Å². The number of rotatable bonds is 3. The Hall–Kier alpha value is 0.100. The van der Waals surface area contributed by atoms with Gasteiger partial charge in [0, 0.05) is 21.1 Å². The molecule has 0 aromatic heterocycles. The molecule has 0 radical (unpaired) electrons. The van der Waals surface area contributed by atoms with Crippen LogP contribution in [0.25, 0.3) is 0 Å². The van der Waals surface area contributed by atoms with Crippen molar-refractivity contribution in [2.45, 2.75) is 20.8 Å². The third-order valence-corrected chi connectivity index (χ3v) is 2.06. The summed E-state index contributed by atoms with van der Waals surface area (Å²) in [5.41, 5.74) is 0. The minimum atomic E-state index is 0.798. The molecule has 2 heteroatoms. The molecule has 0 aromatic carbocycles. The molecule has 8 heavy (non-hydrogen) atoms. The van der Waals surface area contributed by atoms with Gasteiger partial charge in [-0.15, -0.1) is 0 Å². The van der Waals surface area contributed by atoms with Gasteiger partial charge in [-0.2, -0.15) is 0 Å². The summed E-state index contributed by atoms with van der Waals surface area (Å²) in [6.45, 7) is 7.48. The van der Waals surface area contributed by atoms with Crippen molar-refractivity contribution in [3.63, 3.8) is 0 Å². The molecule has 0 rings (SSSR count). The molecular weight excluding hydrogens is 117 g/mol. The number of hydrogen-bond acceptors (Lipinski definition) is 1. The van der Waals surface area contributed by atoms with Crippen LogP contribution in [0, 0.1) is 5.92 Å². The summed E-state index contributed by atoms with van der Waals surface area (Å²) in [5, 5.41) is 0. The highest BCUT2D eigenvalue weighted by Crippen LogP contribution is 2.05. The zero-order valence-electron chi connectivity index (χ0n) is 5.89. The molecule has 0 aliphatic rings. The minimum absolute atomic E-state index is 0.798. The first-order valence-corrected chi connectivity index (χ1v) is 4.13. The lowest BCUT2D eigenvalue weighted by atomic mass is 10.3. The summed E-state index contributed by atoms with van der Waals surface area (Å²) < 4.78 is 4.18. The van der Waals surface area contributed by atoms with Crippen molar-refractivity contribution >= 4 is 8.37 Å². The Kier molecular flexibility index (Phi) is 5.31. The maximum Gasteiger partial charge on any atom is 0.0404 e. The summed E-state index contributed by atoms with van der Waals surface area (Å²) in [4.78, 5) is 0. The molecule has 48 valence electrons. The molecule has 0 saturated heterocycles. The average Bonchev–Trinajstić information content (AvgIpc) is 1.66. The summed E-state index contributed by atoms with van der Waals surface area (Å²) in [6.07, 6.45) is 1.22. The van der Waals surface area contributed by atoms with Gasteiger partial charge in [-0.3, -0.25) is 4.74 Å². The van der Waals surface area contributed by atoms with Gasteiger partial charge in [0.1, 0.15) is 0 Å². The number of hydrogen-bond donors (Lipinski definition) is 0. The second-order valence-corrected chi connectivity index (χ2v) is 3.11. The first-order chi connectivity index (χ1) is 3.77. The lowest BCUT2D eigenvalue weighted by Crippen LogP contribution is -1.84. The molecule has 0 saturated carbocycles. The zero-order valence-corrected chi connectivity index (χ0v) is 6.78. The van der Waals surface area contributed by atoms with E-state index in [9.17, 15) is 0 Å². The van der Waals surface area contributed by atoms with E-state index in [-0.39, 0.29) is 0 Å². The van der Waals surface area contributed by atoms with Crippen LogP contribution in [0.1, 0.15) is 20.8 Å². The van der Waals surface area contributed by atoms with Crippen LogP contribution in [0.4, 0.5) is 0 Å². The Labute approximate surface area is 53.4 Å². The third kappa shape index (κ3) is 6.10.